The molecule has 0 unspecified atom stereocenters. The van der Waals surface area contributed by atoms with Gasteiger partial charge in [0.25, 0.3) is 0 Å². The van der Waals surface area contributed by atoms with Crippen LogP contribution in [0.3, 0.4) is 0 Å². The van der Waals surface area contributed by atoms with Crippen molar-refractivity contribution in [1.29, 1.82) is 0 Å². The number of benzene rings is 1. The SMILES string of the molecule is C=Cc1ccc(C[N+]2(C)CC[N+](C)(C)CC2)cc1. The third kappa shape index (κ3) is 3.21. The van der Waals surface area contributed by atoms with E-state index in [1.807, 2.05) is 6.08 Å². The molecule has 0 N–H and O–H groups in total. The molecule has 1 fully saturated rings. The molecule has 18 heavy (non-hydrogen) atoms. The van der Waals surface area contributed by atoms with Crippen molar-refractivity contribution in [3.05, 3.63) is 42.0 Å². The summed E-state index contributed by atoms with van der Waals surface area (Å²) in [5, 5.41) is 0. The lowest BCUT2D eigenvalue weighted by molar-refractivity contribution is -1.01. The number of nitrogens with zero attached hydrogens (tertiary/aromatic N) is 2. The van der Waals surface area contributed by atoms with Crippen molar-refractivity contribution in [1.82, 2.24) is 0 Å². The van der Waals surface area contributed by atoms with E-state index < -0.39 is 0 Å². The molecule has 0 radical (unpaired) electrons. The van der Waals surface area contributed by atoms with Crippen molar-refractivity contribution >= 4 is 6.08 Å². The van der Waals surface area contributed by atoms with Crippen LogP contribution in [0.25, 0.3) is 6.08 Å². The number of quaternary nitrogens is 2. The van der Waals surface area contributed by atoms with Gasteiger partial charge in [-0.3, -0.25) is 0 Å². The summed E-state index contributed by atoms with van der Waals surface area (Å²) in [6, 6.07) is 8.82. The Bertz CT molecular complexity index is 407. The zero-order chi connectivity index (χ0) is 13.2. The highest BCUT2D eigenvalue weighted by Gasteiger charge is 2.34. The van der Waals surface area contributed by atoms with Crippen LogP contribution < -0.4 is 0 Å². The van der Waals surface area contributed by atoms with Crippen LogP contribution in [0.2, 0.25) is 0 Å². The minimum Gasteiger partial charge on any atom is -0.319 e. The molecule has 98 valence electrons. The van der Waals surface area contributed by atoms with E-state index in [0.717, 1.165) is 6.54 Å². The molecular weight excluding hydrogens is 220 g/mol. The Morgan fingerprint density at radius 1 is 1.00 bits per heavy atom. The van der Waals surface area contributed by atoms with Gasteiger partial charge in [0.15, 0.2) is 0 Å². The maximum Gasteiger partial charge on any atom is 0.129 e. The zero-order valence-corrected chi connectivity index (χ0v) is 12.0. The fourth-order valence-corrected chi connectivity index (χ4v) is 2.61. The normalized spacial score (nSPS) is 21.5. The van der Waals surface area contributed by atoms with Gasteiger partial charge >= 0.3 is 0 Å². The molecule has 1 heterocycles. The monoisotopic (exact) mass is 246 g/mol. The lowest BCUT2D eigenvalue weighted by Gasteiger charge is -2.44. The van der Waals surface area contributed by atoms with Crippen molar-refractivity contribution in [3.8, 4) is 0 Å². The molecule has 2 nitrogen and oxygen atoms in total. The number of piperazine rings is 1. The smallest absolute Gasteiger partial charge is 0.129 e. The summed E-state index contributed by atoms with van der Waals surface area (Å²) in [5.41, 5.74) is 2.65. The van der Waals surface area contributed by atoms with Gasteiger partial charge in [0.1, 0.15) is 32.7 Å². The van der Waals surface area contributed by atoms with Gasteiger partial charge in [-0.05, 0) is 5.56 Å². The quantitative estimate of drug-likeness (QED) is 0.718. The Labute approximate surface area is 111 Å². The molecule has 0 spiro atoms. The topological polar surface area (TPSA) is 0 Å². The Morgan fingerprint density at radius 3 is 2.06 bits per heavy atom. The first-order chi connectivity index (χ1) is 8.42. The number of hydrogen-bond donors (Lipinski definition) is 0. The lowest BCUT2D eigenvalue weighted by atomic mass is 10.1. The molecule has 0 atom stereocenters. The summed E-state index contributed by atoms with van der Waals surface area (Å²) < 4.78 is 2.35. The minimum atomic E-state index is 1.15. The second-order valence-corrected chi connectivity index (χ2v) is 6.55. The summed E-state index contributed by atoms with van der Waals surface area (Å²) in [6.07, 6.45) is 1.90. The highest BCUT2D eigenvalue weighted by atomic mass is 15.4. The average Bonchev–Trinajstić information content (AvgIpc) is 2.35. The minimum absolute atomic E-state index is 1.15. The third-order valence-corrected chi connectivity index (χ3v) is 4.27. The molecule has 1 aliphatic heterocycles. The second-order valence-electron chi connectivity index (χ2n) is 6.55. The molecule has 2 rings (SSSR count). The first kappa shape index (κ1) is 13.3. The van der Waals surface area contributed by atoms with Crippen LogP contribution in [0.5, 0.6) is 0 Å². The average molecular weight is 246 g/mol. The molecule has 2 heteroatoms. The largest absolute Gasteiger partial charge is 0.319 e. The van der Waals surface area contributed by atoms with Gasteiger partial charge in [0, 0.05) is 5.56 Å². The van der Waals surface area contributed by atoms with Gasteiger partial charge in [0.2, 0.25) is 0 Å². The van der Waals surface area contributed by atoms with Crippen LogP contribution in [-0.2, 0) is 6.54 Å². The highest BCUT2D eigenvalue weighted by Crippen LogP contribution is 2.18. The maximum absolute atomic E-state index is 3.80. The van der Waals surface area contributed by atoms with Gasteiger partial charge in [0.05, 0.1) is 21.1 Å². The predicted octanol–water partition coefficient (Wildman–Crippen LogP) is 2.37. The van der Waals surface area contributed by atoms with Gasteiger partial charge < -0.3 is 8.97 Å². The van der Waals surface area contributed by atoms with Crippen molar-refractivity contribution in [2.45, 2.75) is 6.54 Å². The van der Waals surface area contributed by atoms with Crippen molar-refractivity contribution in [2.24, 2.45) is 0 Å². The van der Waals surface area contributed by atoms with Gasteiger partial charge in [-0.15, -0.1) is 0 Å². The first-order valence-corrected chi connectivity index (χ1v) is 6.79. The van der Waals surface area contributed by atoms with Gasteiger partial charge in [-0.2, -0.15) is 0 Å². The predicted molar refractivity (Wildman–Crippen MR) is 78.0 cm³/mol. The van der Waals surface area contributed by atoms with E-state index in [1.165, 1.54) is 46.3 Å². The molecule has 1 aromatic rings. The maximum atomic E-state index is 3.80. The van der Waals surface area contributed by atoms with Crippen LogP contribution in [0, 0.1) is 0 Å². The Balaban J connectivity index is 2.02. The number of rotatable bonds is 3. The van der Waals surface area contributed by atoms with Crippen molar-refractivity contribution in [3.63, 3.8) is 0 Å². The molecule has 0 aliphatic carbocycles. The Hall–Kier alpha value is -1.12. The molecule has 1 aliphatic rings. The van der Waals surface area contributed by atoms with E-state index in [1.54, 1.807) is 0 Å². The molecule has 0 bridgehead atoms. The molecule has 0 aromatic heterocycles. The molecule has 0 saturated carbocycles. The lowest BCUT2D eigenvalue weighted by Crippen LogP contribution is -2.61. The molecule has 0 amide bonds. The summed E-state index contributed by atoms with van der Waals surface area (Å²) >= 11 is 0. The fraction of sp³-hybridized carbons (Fsp3) is 0.500. The summed E-state index contributed by atoms with van der Waals surface area (Å²) in [6.45, 7) is 10.1. The summed E-state index contributed by atoms with van der Waals surface area (Å²) in [7, 11) is 7.06. The van der Waals surface area contributed by atoms with E-state index in [9.17, 15) is 0 Å². The van der Waals surface area contributed by atoms with Crippen molar-refractivity contribution in [2.75, 3.05) is 47.3 Å². The molecule has 1 aromatic carbocycles. The van der Waals surface area contributed by atoms with Crippen LogP contribution in [0.15, 0.2) is 30.8 Å². The number of likely N-dealkylation sites (N-methyl/N-ethyl adjacent to an activating group) is 2. The van der Waals surface area contributed by atoms with Crippen molar-refractivity contribution < 1.29 is 8.97 Å². The summed E-state index contributed by atoms with van der Waals surface area (Å²) in [5.74, 6) is 0. The van der Waals surface area contributed by atoms with E-state index >= 15 is 0 Å². The van der Waals surface area contributed by atoms with Gasteiger partial charge in [-0.25, -0.2) is 0 Å². The third-order valence-electron chi connectivity index (χ3n) is 4.27. The zero-order valence-electron chi connectivity index (χ0n) is 12.0. The fourth-order valence-electron chi connectivity index (χ4n) is 2.61. The standard InChI is InChI=1S/C16H26N2/c1-5-15-6-8-16(9-7-15)14-18(4)12-10-17(2,3)11-13-18/h5-9H,1,10-14H2,2-4H3/q+2. The molecule has 1 saturated heterocycles. The van der Waals surface area contributed by atoms with E-state index in [0.29, 0.717) is 0 Å². The molecular formula is C16H26N2+2. The van der Waals surface area contributed by atoms with Gasteiger partial charge in [-0.1, -0.05) is 36.9 Å². The number of hydrogen-bond acceptors (Lipinski definition) is 0. The Morgan fingerprint density at radius 2 is 1.56 bits per heavy atom. The van der Waals surface area contributed by atoms with Crippen LogP contribution in [0.1, 0.15) is 11.1 Å². The van der Waals surface area contributed by atoms with Crippen LogP contribution in [0.4, 0.5) is 0 Å². The van der Waals surface area contributed by atoms with Crippen LogP contribution >= 0.6 is 0 Å². The Kier molecular flexibility index (Phi) is 3.60. The van der Waals surface area contributed by atoms with E-state index in [4.69, 9.17) is 0 Å². The van der Waals surface area contributed by atoms with E-state index in [-0.39, 0.29) is 0 Å². The first-order valence-electron chi connectivity index (χ1n) is 6.79. The summed E-state index contributed by atoms with van der Waals surface area (Å²) in [4.78, 5) is 0. The highest BCUT2D eigenvalue weighted by molar-refractivity contribution is 5.47. The second kappa shape index (κ2) is 4.87. The van der Waals surface area contributed by atoms with Crippen LogP contribution in [-0.4, -0.2) is 56.3 Å². The van der Waals surface area contributed by atoms with E-state index in [2.05, 4.69) is 52.0 Å².